The average molecular weight is 365 g/mol. The second-order valence-corrected chi connectivity index (χ2v) is 6.21. The van der Waals surface area contributed by atoms with Crippen molar-refractivity contribution in [3.05, 3.63) is 40.9 Å². The number of fused-ring (bicyclic) bond motifs is 1. The number of ether oxygens (including phenoxy) is 2. The van der Waals surface area contributed by atoms with Crippen LogP contribution in [-0.2, 0) is 0 Å². The van der Waals surface area contributed by atoms with E-state index in [1.807, 2.05) is 36.4 Å². The highest BCUT2D eigenvalue weighted by Crippen LogP contribution is 2.34. The van der Waals surface area contributed by atoms with E-state index >= 15 is 0 Å². The van der Waals surface area contributed by atoms with Crippen LogP contribution in [-0.4, -0.2) is 19.2 Å². The van der Waals surface area contributed by atoms with E-state index in [1.165, 1.54) is 0 Å². The number of anilines is 2. The predicted octanol–water partition coefficient (Wildman–Crippen LogP) is 4.82. The summed E-state index contributed by atoms with van der Waals surface area (Å²) in [5.41, 5.74) is 1.86. The Hall–Kier alpha value is -1.79. The standard InChI is InChI=1S/C15H13BrN2O2S/c1-19-9-3-5-11(16)13(7-9)18-15-17-12-6-4-10(20-2)8-14(12)21-15/h3-8H,1-2H3,(H,17,18). The Bertz CT molecular complexity index is 788. The van der Waals surface area contributed by atoms with Gasteiger partial charge in [-0.15, -0.1) is 0 Å². The monoisotopic (exact) mass is 364 g/mol. The zero-order chi connectivity index (χ0) is 14.8. The molecule has 0 aliphatic rings. The molecule has 0 saturated carbocycles. The van der Waals surface area contributed by atoms with Crippen molar-refractivity contribution in [2.45, 2.75) is 0 Å². The minimum absolute atomic E-state index is 0.795. The van der Waals surface area contributed by atoms with Gasteiger partial charge >= 0.3 is 0 Å². The first-order chi connectivity index (χ1) is 10.2. The molecule has 21 heavy (non-hydrogen) atoms. The molecule has 0 atom stereocenters. The summed E-state index contributed by atoms with van der Waals surface area (Å²) in [5, 5.41) is 4.14. The summed E-state index contributed by atoms with van der Waals surface area (Å²) in [4.78, 5) is 4.57. The van der Waals surface area contributed by atoms with Gasteiger partial charge in [-0.05, 0) is 46.3 Å². The molecule has 0 saturated heterocycles. The van der Waals surface area contributed by atoms with Crippen LogP contribution in [0.15, 0.2) is 40.9 Å². The lowest BCUT2D eigenvalue weighted by Gasteiger charge is -2.07. The van der Waals surface area contributed by atoms with Crippen molar-refractivity contribution in [3.63, 3.8) is 0 Å². The number of nitrogens with one attached hydrogen (secondary N) is 1. The number of thiazole rings is 1. The molecule has 108 valence electrons. The molecule has 1 N–H and O–H groups in total. The lowest BCUT2D eigenvalue weighted by molar-refractivity contribution is 0.415. The van der Waals surface area contributed by atoms with Crippen molar-refractivity contribution in [2.75, 3.05) is 19.5 Å². The Morgan fingerprint density at radius 1 is 1.05 bits per heavy atom. The van der Waals surface area contributed by atoms with Gasteiger partial charge < -0.3 is 14.8 Å². The van der Waals surface area contributed by atoms with Crippen molar-refractivity contribution >= 4 is 48.3 Å². The maximum Gasteiger partial charge on any atom is 0.188 e. The molecule has 1 heterocycles. The molecule has 4 nitrogen and oxygen atoms in total. The van der Waals surface area contributed by atoms with Crippen LogP contribution in [0.2, 0.25) is 0 Å². The van der Waals surface area contributed by atoms with Crippen LogP contribution in [0, 0.1) is 0 Å². The molecule has 2 aromatic carbocycles. The second-order valence-electron chi connectivity index (χ2n) is 4.32. The van der Waals surface area contributed by atoms with Crippen molar-refractivity contribution in [3.8, 4) is 11.5 Å². The first-order valence-electron chi connectivity index (χ1n) is 6.25. The molecule has 1 aromatic heterocycles. The Morgan fingerprint density at radius 3 is 2.52 bits per heavy atom. The quantitative estimate of drug-likeness (QED) is 0.720. The third-order valence-corrected chi connectivity index (χ3v) is 4.64. The number of nitrogens with zero attached hydrogens (tertiary/aromatic N) is 1. The number of aromatic nitrogens is 1. The number of methoxy groups -OCH3 is 2. The van der Waals surface area contributed by atoms with Crippen LogP contribution in [0.4, 0.5) is 10.8 Å². The van der Waals surface area contributed by atoms with Crippen LogP contribution in [0.25, 0.3) is 10.2 Å². The lowest BCUT2D eigenvalue weighted by atomic mass is 10.3. The molecule has 0 aliphatic heterocycles. The van der Waals surface area contributed by atoms with Gasteiger partial charge in [0.1, 0.15) is 11.5 Å². The van der Waals surface area contributed by atoms with E-state index in [4.69, 9.17) is 9.47 Å². The topological polar surface area (TPSA) is 43.4 Å². The summed E-state index contributed by atoms with van der Waals surface area (Å²) in [6, 6.07) is 11.6. The summed E-state index contributed by atoms with van der Waals surface area (Å²) in [6.45, 7) is 0. The SMILES string of the molecule is COc1ccc(Br)c(Nc2nc3ccc(OC)cc3s2)c1. The molecule has 0 aliphatic carbocycles. The van der Waals surface area contributed by atoms with Crippen LogP contribution in [0.3, 0.4) is 0 Å². The highest BCUT2D eigenvalue weighted by Gasteiger charge is 2.08. The Labute approximate surface area is 134 Å². The third-order valence-electron chi connectivity index (χ3n) is 3.01. The van der Waals surface area contributed by atoms with Crippen LogP contribution in [0.5, 0.6) is 11.5 Å². The summed E-state index contributed by atoms with van der Waals surface area (Å²) in [6.07, 6.45) is 0. The molecule has 0 fully saturated rings. The Morgan fingerprint density at radius 2 is 1.76 bits per heavy atom. The fourth-order valence-electron chi connectivity index (χ4n) is 1.93. The summed E-state index contributed by atoms with van der Waals surface area (Å²) >= 11 is 5.10. The molecule has 0 amide bonds. The lowest BCUT2D eigenvalue weighted by Crippen LogP contribution is -1.92. The molecule has 0 spiro atoms. The van der Waals surface area contributed by atoms with Crippen LogP contribution < -0.4 is 14.8 Å². The second kappa shape index (κ2) is 5.91. The largest absolute Gasteiger partial charge is 0.497 e. The van der Waals surface area contributed by atoms with Gasteiger partial charge in [-0.25, -0.2) is 4.98 Å². The van der Waals surface area contributed by atoms with E-state index in [1.54, 1.807) is 25.6 Å². The first-order valence-corrected chi connectivity index (χ1v) is 7.85. The molecule has 6 heteroatoms. The fourth-order valence-corrected chi connectivity index (χ4v) is 3.18. The average Bonchev–Trinajstić information content (AvgIpc) is 2.90. The summed E-state index contributed by atoms with van der Waals surface area (Å²) in [7, 11) is 3.31. The van der Waals surface area contributed by atoms with Crippen molar-refractivity contribution in [2.24, 2.45) is 0 Å². The normalized spacial score (nSPS) is 10.6. The van der Waals surface area contributed by atoms with Gasteiger partial charge in [-0.1, -0.05) is 11.3 Å². The summed E-state index contributed by atoms with van der Waals surface area (Å²) < 4.78 is 12.5. The van der Waals surface area contributed by atoms with E-state index in [9.17, 15) is 0 Å². The van der Waals surface area contributed by atoms with E-state index < -0.39 is 0 Å². The van der Waals surface area contributed by atoms with E-state index in [-0.39, 0.29) is 0 Å². The van der Waals surface area contributed by atoms with Crippen molar-refractivity contribution < 1.29 is 9.47 Å². The fraction of sp³-hybridized carbons (Fsp3) is 0.133. The zero-order valence-corrected chi connectivity index (χ0v) is 13.9. The van der Waals surface area contributed by atoms with E-state index in [0.717, 1.165) is 37.0 Å². The minimum Gasteiger partial charge on any atom is -0.497 e. The first kappa shape index (κ1) is 14.2. The number of halogens is 1. The molecule has 3 rings (SSSR count). The molecule has 0 unspecified atom stereocenters. The molecular formula is C15H13BrN2O2S. The molecule has 0 bridgehead atoms. The smallest absolute Gasteiger partial charge is 0.188 e. The van der Waals surface area contributed by atoms with Gasteiger partial charge in [-0.2, -0.15) is 0 Å². The number of hydrogen-bond donors (Lipinski definition) is 1. The van der Waals surface area contributed by atoms with Gasteiger partial charge in [0.05, 0.1) is 30.1 Å². The highest BCUT2D eigenvalue weighted by molar-refractivity contribution is 9.10. The van der Waals surface area contributed by atoms with Gasteiger partial charge in [0.15, 0.2) is 5.13 Å². The molecule has 0 radical (unpaired) electrons. The number of benzene rings is 2. The van der Waals surface area contributed by atoms with Crippen LogP contribution in [0.1, 0.15) is 0 Å². The third kappa shape index (κ3) is 2.96. The molecular weight excluding hydrogens is 352 g/mol. The highest BCUT2D eigenvalue weighted by atomic mass is 79.9. The maximum atomic E-state index is 5.24. The van der Waals surface area contributed by atoms with Gasteiger partial charge in [0, 0.05) is 10.5 Å². The number of rotatable bonds is 4. The van der Waals surface area contributed by atoms with Gasteiger partial charge in [-0.3, -0.25) is 0 Å². The predicted molar refractivity (Wildman–Crippen MR) is 90.1 cm³/mol. The maximum absolute atomic E-state index is 5.24. The molecule has 3 aromatic rings. The van der Waals surface area contributed by atoms with Gasteiger partial charge in [0.2, 0.25) is 0 Å². The van der Waals surface area contributed by atoms with Crippen molar-refractivity contribution in [1.29, 1.82) is 0 Å². The van der Waals surface area contributed by atoms with E-state index in [2.05, 4.69) is 26.2 Å². The van der Waals surface area contributed by atoms with Crippen LogP contribution >= 0.6 is 27.3 Å². The summed E-state index contributed by atoms with van der Waals surface area (Å²) in [5.74, 6) is 1.63. The minimum atomic E-state index is 0.795. The Balaban J connectivity index is 1.94. The van der Waals surface area contributed by atoms with Gasteiger partial charge in [0.25, 0.3) is 0 Å². The number of hydrogen-bond acceptors (Lipinski definition) is 5. The van der Waals surface area contributed by atoms with Crippen molar-refractivity contribution in [1.82, 2.24) is 4.98 Å². The van der Waals surface area contributed by atoms with E-state index in [0.29, 0.717) is 0 Å². The Kier molecular flexibility index (Phi) is 3.98. The zero-order valence-electron chi connectivity index (χ0n) is 11.5.